The predicted octanol–water partition coefficient (Wildman–Crippen LogP) is 3.13. The Hall–Kier alpha value is -2.86. The van der Waals surface area contributed by atoms with Crippen molar-refractivity contribution < 1.29 is 14.4 Å². The second-order valence-corrected chi connectivity index (χ2v) is 7.94. The number of carbonyl (C=O) groups excluding carboxylic acids is 3. The van der Waals surface area contributed by atoms with Gasteiger partial charge in [-0.25, -0.2) is 9.69 Å². The Kier molecular flexibility index (Phi) is 3.74. The number of rotatable bonds is 1. The van der Waals surface area contributed by atoms with E-state index in [0.717, 1.165) is 35.5 Å². The van der Waals surface area contributed by atoms with Gasteiger partial charge in [-0.1, -0.05) is 29.8 Å². The molecule has 1 spiro atoms. The molecular formula is C21H18ClN3O3. The van der Waals surface area contributed by atoms with Crippen molar-refractivity contribution in [2.75, 3.05) is 16.3 Å². The molecule has 28 heavy (non-hydrogen) atoms. The summed E-state index contributed by atoms with van der Waals surface area (Å²) in [7, 11) is 0. The van der Waals surface area contributed by atoms with E-state index >= 15 is 0 Å². The topological polar surface area (TPSA) is 69.7 Å². The van der Waals surface area contributed by atoms with E-state index in [2.05, 4.69) is 10.2 Å². The van der Waals surface area contributed by atoms with E-state index in [-0.39, 0.29) is 12.5 Å². The molecule has 5 rings (SSSR count). The van der Waals surface area contributed by atoms with Gasteiger partial charge in [0.1, 0.15) is 0 Å². The highest BCUT2D eigenvalue weighted by Gasteiger charge is 2.62. The summed E-state index contributed by atoms with van der Waals surface area (Å²) >= 11 is 5.95. The minimum absolute atomic E-state index is 0.266. The molecule has 3 aliphatic rings. The van der Waals surface area contributed by atoms with Crippen LogP contribution < -0.4 is 15.1 Å². The second-order valence-electron chi connectivity index (χ2n) is 7.50. The summed E-state index contributed by atoms with van der Waals surface area (Å²) in [4.78, 5) is 42.7. The summed E-state index contributed by atoms with van der Waals surface area (Å²) in [6.45, 7) is 0.791. The Labute approximate surface area is 167 Å². The number of hydrogen-bond acceptors (Lipinski definition) is 4. The molecule has 7 heteroatoms. The van der Waals surface area contributed by atoms with Gasteiger partial charge in [0.05, 0.1) is 11.7 Å². The average molecular weight is 396 g/mol. The third kappa shape index (κ3) is 2.24. The molecule has 2 fully saturated rings. The molecule has 3 aliphatic heterocycles. The smallest absolute Gasteiger partial charge is 0.335 e. The summed E-state index contributed by atoms with van der Waals surface area (Å²) in [5.41, 5.74) is 1.11. The molecule has 2 saturated heterocycles. The molecule has 2 aromatic carbocycles. The molecule has 2 aromatic rings. The van der Waals surface area contributed by atoms with Crippen molar-refractivity contribution in [3.63, 3.8) is 0 Å². The number of halogens is 1. The van der Waals surface area contributed by atoms with Gasteiger partial charge in [-0.2, -0.15) is 0 Å². The van der Waals surface area contributed by atoms with E-state index in [1.54, 1.807) is 24.3 Å². The predicted molar refractivity (Wildman–Crippen MR) is 105 cm³/mol. The number of carbonyl (C=O) groups is 3. The number of amides is 4. The van der Waals surface area contributed by atoms with Gasteiger partial charge in [0, 0.05) is 17.3 Å². The first kappa shape index (κ1) is 17.3. The normalized spacial score (nSPS) is 26.3. The minimum Gasteiger partial charge on any atom is -0.367 e. The van der Waals surface area contributed by atoms with Gasteiger partial charge in [-0.05, 0) is 55.2 Å². The third-order valence-corrected chi connectivity index (χ3v) is 6.34. The number of benzene rings is 2. The maximum absolute atomic E-state index is 13.7. The van der Waals surface area contributed by atoms with Crippen molar-refractivity contribution in [3.8, 4) is 0 Å². The zero-order chi connectivity index (χ0) is 19.5. The molecule has 2 atom stereocenters. The maximum Gasteiger partial charge on any atom is 0.335 e. The average Bonchev–Trinajstić information content (AvgIpc) is 3.18. The third-order valence-electron chi connectivity index (χ3n) is 6.09. The highest BCUT2D eigenvalue weighted by Crippen LogP contribution is 2.48. The Morgan fingerprint density at radius 3 is 2.57 bits per heavy atom. The molecule has 6 nitrogen and oxygen atoms in total. The van der Waals surface area contributed by atoms with Crippen molar-refractivity contribution in [3.05, 3.63) is 59.1 Å². The first-order chi connectivity index (χ1) is 13.5. The number of urea groups is 1. The molecule has 1 N–H and O–H groups in total. The van der Waals surface area contributed by atoms with Gasteiger partial charge >= 0.3 is 6.03 Å². The molecule has 4 amide bonds. The van der Waals surface area contributed by atoms with Crippen LogP contribution in [0.3, 0.4) is 0 Å². The van der Waals surface area contributed by atoms with Crippen LogP contribution in [0.5, 0.6) is 0 Å². The molecule has 0 radical (unpaired) electrons. The maximum atomic E-state index is 13.7. The summed E-state index contributed by atoms with van der Waals surface area (Å²) < 4.78 is 0. The van der Waals surface area contributed by atoms with E-state index < -0.39 is 23.3 Å². The van der Waals surface area contributed by atoms with Crippen LogP contribution in [0.4, 0.5) is 16.2 Å². The van der Waals surface area contributed by atoms with Gasteiger partial charge in [0.15, 0.2) is 5.41 Å². The highest BCUT2D eigenvalue weighted by atomic mass is 35.5. The quantitative estimate of drug-likeness (QED) is 0.753. The number of fused-ring (bicyclic) bond motifs is 4. The zero-order valence-corrected chi connectivity index (χ0v) is 15.8. The van der Waals surface area contributed by atoms with E-state index in [1.165, 1.54) is 0 Å². The summed E-state index contributed by atoms with van der Waals surface area (Å²) in [6.07, 6.45) is 1.92. The zero-order valence-electron chi connectivity index (χ0n) is 15.0. The van der Waals surface area contributed by atoms with Crippen LogP contribution >= 0.6 is 11.6 Å². The fourth-order valence-corrected chi connectivity index (χ4v) is 4.98. The largest absolute Gasteiger partial charge is 0.367 e. The number of imide groups is 2. The van der Waals surface area contributed by atoms with Crippen LogP contribution in [0.1, 0.15) is 18.4 Å². The highest BCUT2D eigenvalue weighted by molar-refractivity contribution is 6.32. The minimum atomic E-state index is -1.32. The molecule has 0 unspecified atom stereocenters. The Balaban J connectivity index is 1.65. The number of barbiturate groups is 1. The van der Waals surface area contributed by atoms with Crippen LogP contribution in [0.25, 0.3) is 0 Å². The lowest BCUT2D eigenvalue weighted by molar-refractivity contribution is -0.144. The fourth-order valence-electron chi connectivity index (χ4n) is 4.85. The van der Waals surface area contributed by atoms with Crippen molar-refractivity contribution in [2.45, 2.75) is 25.3 Å². The molecule has 0 bridgehead atoms. The summed E-state index contributed by atoms with van der Waals surface area (Å²) in [5, 5.41) is 2.95. The van der Waals surface area contributed by atoms with Gasteiger partial charge in [-0.3, -0.25) is 14.9 Å². The standard InChI is InChI=1S/C21H18ClN3O3/c22-14-7-9-15(10-8-14)25-19(27)21(18(26)23-20(25)28)12-13-4-1-2-5-16(13)24-11-3-6-17(21)24/h1-2,4-5,7-10,17H,3,6,11-12H2,(H,23,26,28)/t17-,21-/m1/s1. The summed E-state index contributed by atoms with van der Waals surface area (Å²) in [5.74, 6) is -0.964. The van der Waals surface area contributed by atoms with Crippen LogP contribution in [-0.2, 0) is 16.0 Å². The number of anilines is 2. The Bertz CT molecular complexity index is 1010. The lowest BCUT2D eigenvalue weighted by Gasteiger charge is -2.49. The van der Waals surface area contributed by atoms with E-state index in [0.29, 0.717) is 10.7 Å². The Morgan fingerprint density at radius 1 is 1.04 bits per heavy atom. The lowest BCUT2D eigenvalue weighted by atomic mass is 9.68. The number of para-hydroxylation sites is 1. The summed E-state index contributed by atoms with van der Waals surface area (Å²) in [6, 6.07) is 13.4. The second kappa shape index (κ2) is 6.07. The van der Waals surface area contributed by atoms with E-state index in [9.17, 15) is 14.4 Å². The molecular weight excluding hydrogens is 378 g/mol. The van der Waals surface area contributed by atoms with Crippen LogP contribution in [0, 0.1) is 5.41 Å². The van der Waals surface area contributed by atoms with E-state index in [1.807, 2.05) is 24.3 Å². The van der Waals surface area contributed by atoms with Gasteiger partial charge < -0.3 is 4.90 Å². The Morgan fingerprint density at radius 2 is 1.79 bits per heavy atom. The van der Waals surface area contributed by atoms with Crippen molar-refractivity contribution in [1.82, 2.24) is 5.32 Å². The molecule has 0 aliphatic carbocycles. The monoisotopic (exact) mass is 395 g/mol. The van der Waals surface area contributed by atoms with Crippen molar-refractivity contribution in [1.29, 1.82) is 0 Å². The first-order valence-electron chi connectivity index (χ1n) is 9.32. The molecule has 3 heterocycles. The van der Waals surface area contributed by atoms with Crippen LogP contribution in [0.15, 0.2) is 48.5 Å². The van der Waals surface area contributed by atoms with Crippen molar-refractivity contribution >= 4 is 40.8 Å². The van der Waals surface area contributed by atoms with Gasteiger partial charge in [0.25, 0.3) is 5.91 Å². The molecule has 142 valence electrons. The number of hydrogen-bond donors (Lipinski definition) is 1. The lowest BCUT2D eigenvalue weighted by Crippen LogP contribution is -2.71. The molecule has 0 aromatic heterocycles. The van der Waals surface area contributed by atoms with E-state index in [4.69, 9.17) is 11.6 Å². The van der Waals surface area contributed by atoms with Gasteiger partial charge in [0.2, 0.25) is 5.91 Å². The van der Waals surface area contributed by atoms with Crippen LogP contribution in [0.2, 0.25) is 5.02 Å². The first-order valence-corrected chi connectivity index (χ1v) is 9.70. The fraction of sp³-hybridized carbons (Fsp3) is 0.286. The molecule has 0 saturated carbocycles. The number of nitrogens with zero attached hydrogens (tertiary/aromatic N) is 2. The van der Waals surface area contributed by atoms with Crippen LogP contribution in [-0.4, -0.2) is 30.4 Å². The SMILES string of the molecule is O=C1NC(=O)[C@]2(Cc3ccccc3N3CCC[C@@H]32)C(=O)N1c1ccc(Cl)cc1. The van der Waals surface area contributed by atoms with Crippen molar-refractivity contribution in [2.24, 2.45) is 5.41 Å². The van der Waals surface area contributed by atoms with Gasteiger partial charge in [-0.15, -0.1) is 0 Å². The number of nitrogens with one attached hydrogen (secondary N) is 1.